The molecule has 4 aliphatic carbocycles. The molecule has 3 saturated carbocycles. The normalized spacial score (nSPS) is 50.4. The lowest BCUT2D eigenvalue weighted by Gasteiger charge is -2.56. The molecule has 0 aromatic heterocycles. The van der Waals surface area contributed by atoms with Crippen LogP contribution in [0.15, 0.2) is 11.6 Å². The fraction of sp³-hybridized carbons (Fsp3) is 0.750. The molecular formula is C20H26O2. The quantitative estimate of drug-likeness (QED) is 0.695. The number of hydrogen-bond donors (Lipinski definition) is 1. The van der Waals surface area contributed by atoms with Gasteiger partial charge in [-0.1, -0.05) is 6.92 Å². The average molecular weight is 298 g/mol. The minimum absolute atomic E-state index is 0.201. The van der Waals surface area contributed by atoms with Gasteiger partial charge in [-0.05, 0) is 79.8 Å². The lowest BCUT2D eigenvalue weighted by molar-refractivity contribution is -0.125. The van der Waals surface area contributed by atoms with Crippen molar-refractivity contribution >= 4 is 5.78 Å². The summed E-state index contributed by atoms with van der Waals surface area (Å²) in [6.07, 6.45) is 15.3. The number of terminal acetylenes is 1. The highest BCUT2D eigenvalue weighted by Gasteiger charge is 2.59. The van der Waals surface area contributed by atoms with Crippen LogP contribution < -0.4 is 0 Å². The molecule has 0 aromatic carbocycles. The first-order valence-corrected chi connectivity index (χ1v) is 8.91. The zero-order chi connectivity index (χ0) is 15.5. The summed E-state index contributed by atoms with van der Waals surface area (Å²) >= 11 is 0. The molecule has 2 heteroatoms. The van der Waals surface area contributed by atoms with E-state index in [1.807, 2.05) is 0 Å². The maximum Gasteiger partial charge on any atom is 0.155 e. The van der Waals surface area contributed by atoms with Crippen molar-refractivity contribution in [3.63, 3.8) is 0 Å². The van der Waals surface area contributed by atoms with E-state index < -0.39 is 5.60 Å². The van der Waals surface area contributed by atoms with E-state index >= 15 is 0 Å². The Morgan fingerprint density at radius 3 is 2.77 bits per heavy atom. The number of aliphatic hydroxyl groups is 1. The lowest BCUT2D eigenvalue weighted by Crippen LogP contribution is -2.55. The number of hydrogen-bond acceptors (Lipinski definition) is 2. The molecule has 22 heavy (non-hydrogen) atoms. The fourth-order valence-electron chi connectivity index (χ4n) is 6.46. The van der Waals surface area contributed by atoms with Crippen LogP contribution in [0.4, 0.5) is 0 Å². The third-order valence-corrected chi connectivity index (χ3v) is 7.64. The zero-order valence-electron chi connectivity index (χ0n) is 13.5. The van der Waals surface area contributed by atoms with Crippen LogP contribution in [-0.4, -0.2) is 16.5 Å². The van der Waals surface area contributed by atoms with Gasteiger partial charge in [0.1, 0.15) is 0 Å². The molecule has 0 aromatic rings. The highest BCUT2D eigenvalue weighted by molar-refractivity contribution is 5.92. The van der Waals surface area contributed by atoms with Gasteiger partial charge in [0.05, 0.1) is 5.60 Å². The van der Waals surface area contributed by atoms with Gasteiger partial charge in [0, 0.05) is 12.3 Å². The van der Waals surface area contributed by atoms with Crippen LogP contribution in [0.3, 0.4) is 0 Å². The summed E-state index contributed by atoms with van der Waals surface area (Å²) in [5, 5.41) is 11.4. The molecule has 3 fully saturated rings. The minimum Gasteiger partial charge on any atom is -0.385 e. The summed E-state index contributed by atoms with van der Waals surface area (Å²) in [7, 11) is 0. The first kappa shape index (κ1) is 14.5. The summed E-state index contributed by atoms with van der Waals surface area (Å²) in [6.45, 7) is 2.39. The van der Waals surface area contributed by atoms with Crippen molar-refractivity contribution in [1.29, 1.82) is 0 Å². The second-order valence-corrected chi connectivity index (χ2v) is 8.32. The van der Waals surface area contributed by atoms with Crippen molar-refractivity contribution in [1.82, 2.24) is 0 Å². The van der Waals surface area contributed by atoms with E-state index in [9.17, 15) is 9.90 Å². The molecule has 0 aliphatic heterocycles. The van der Waals surface area contributed by atoms with Gasteiger partial charge in [0.25, 0.3) is 0 Å². The van der Waals surface area contributed by atoms with Crippen LogP contribution in [0.2, 0.25) is 0 Å². The summed E-state index contributed by atoms with van der Waals surface area (Å²) in [5.41, 5.74) is 0.602. The largest absolute Gasteiger partial charge is 0.385 e. The van der Waals surface area contributed by atoms with Gasteiger partial charge in [-0.3, -0.25) is 4.79 Å². The van der Waals surface area contributed by atoms with Crippen LogP contribution in [0.5, 0.6) is 0 Å². The number of rotatable bonds is 0. The fourth-order valence-corrected chi connectivity index (χ4v) is 6.46. The van der Waals surface area contributed by atoms with Gasteiger partial charge in [-0.2, -0.15) is 0 Å². The molecule has 4 rings (SSSR count). The van der Waals surface area contributed by atoms with Crippen molar-refractivity contribution < 1.29 is 9.90 Å². The monoisotopic (exact) mass is 298 g/mol. The van der Waals surface area contributed by atoms with E-state index in [4.69, 9.17) is 6.42 Å². The Labute approximate surface area is 133 Å². The first-order valence-electron chi connectivity index (χ1n) is 8.91. The molecule has 0 bridgehead atoms. The van der Waals surface area contributed by atoms with Crippen molar-refractivity contribution in [2.24, 2.45) is 29.1 Å². The summed E-state index contributed by atoms with van der Waals surface area (Å²) in [4.78, 5) is 11.7. The number of fused-ring (bicyclic) bond motifs is 5. The van der Waals surface area contributed by atoms with Gasteiger partial charge in [0.15, 0.2) is 5.78 Å². The minimum atomic E-state index is -0.702. The molecule has 0 amide bonds. The van der Waals surface area contributed by atoms with Gasteiger partial charge >= 0.3 is 0 Å². The van der Waals surface area contributed by atoms with E-state index in [2.05, 4.69) is 12.8 Å². The van der Waals surface area contributed by atoms with Gasteiger partial charge < -0.3 is 5.11 Å². The molecule has 0 saturated heterocycles. The second-order valence-electron chi connectivity index (χ2n) is 8.32. The molecular weight excluding hydrogens is 272 g/mol. The van der Waals surface area contributed by atoms with Crippen LogP contribution in [0, 0.1) is 41.4 Å². The molecule has 2 nitrogen and oxygen atoms in total. The predicted octanol–water partition coefficient (Wildman–Crippen LogP) is 3.49. The van der Waals surface area contributed by atoms with Crippen molar-refractivity contribution in [3.05, 3.63) is 11.6 Å². The average Bonchev–Trinajstić information content (AvgIpc) is 2.84. The van der Waals surface area contributed by atoms with Crippen molar-refractivity contribution in [3.8, 4) is 12.3 Å². The molecule has 0 spiro atoms. The second kappa shape index (κ2) is 4.71. The Kier molecular flexibility index (Phi) is 3.11. The molecule has 4 aliphatic rings. The maximum atomic E-state index is 11.7. The highest BCUT2D eigenvalue weighted by Crippen LogP contribution is 2.64. The van der Waals surface area contributed by atoms with Crippen LogP contribution in [0.25, 0.3) is 0 Å². The van der Waals surface area contributed by atoms with Crippen LogP contribution >= 0.6 is 0 Å². The maximum absolute atomic E-state index is 11.7. The predicted molar refractivity (Wildman–Crippen MR) is 85.9 cm³/mol. The third kappa shape index (κ3) is 1.75. The van der Waals surface area contributed by atoms with E-state index in [1.165, 1.54) is 6.42 Å². The topological polar surface area (TPSA) is 37.3 Å². The number of ketones is 1. The smallest absolute Gasteiger partial charge is 0.155 e. The Balaban J connectivity index is 1.68. The molecule has 1 N–H and O–H groups in total. The first-order chi connectivity index (χ1) is 10.5. The summed E-state index contributed by atoms with van der Waals surface area (Å²) in [5.74, 6) is 5.26. The van der Waals surface area contributed by atoms with Crippen LogP contribution in [0.1, 0.15) is 58.3 Å². The van der Waals surface area contributed by atoms with E-state index in [1.54, 1.807) is 6.08 Å². The molecule has 3 unspecified atom stereocenters. The SMILES string of the molecule is C#C[C@H]1CCC2C3CCC4=CC(=O)CC[C@]4(O)C3CC[C@@]21C. The lowest BCUT2D eigenvalue weighted by atomic mass is 9.50. The third-order valence-electron chi connectivity index (χ3n) is 7.64. The zero-order valence-corrected chi connectivity index (χ0v) is 13.5. The van der Waals surface area contributed by atoms with E-state index in [0.29, 0.717) is 36.5 Å². The van der Waals surface area contributed by atoms with Crippen LogP contribution in [-0.2, 0) is 4.79 Å². The Morgan fingerprint density at radius 2 is 2.00 bits per heavy atom. The Hall–Kier alpha value is -1.07. The van der Waals surface area contributed by atoms with E-state index in [-0.39, 0.29) is 11.2 Å². The van der Waals surface area contributed by atoms with E-state index in [0.717, 1.165) is 37.7 Å². The summed E-state index contributed by atoms with van der Waals surface area (Å²) in [6, 6.07) is 0. The summed E-state index contributed by atoms with van der Waals surface area (Å²) < 4.78 is 0. The van der Waals surface area contributed by atoms with Gasteiger partial charge in [-0.15, -0.1) is 12.3 Å². The molecule has 0 radical (unpaired) electrons. The number of carbonyl (C=O) groups is 1. The van der Waals surface area contributed by atoms with Crippen molar-refractivity contribution in [2.75, 3.05) is 0 Å². The van der Waals surface area contributed by atoms with Crippen molar-refractivity contribution in [2.45, 2.75) is 63.9 Å². The molecule has 0 heterocycles. The van der Waals surface area contributed by atoms with Gasteiger partial charge in [0.2, 0.25) is 0 Å². The number of carbonyl (C=O) groups excluding carboxylic acids is 1. The standard InChI is InChI=1S/C20H26O2/c1-3-13-5-7-17-16-6-4-14-12-15(21)8-11-20(14,22)18(16)9-10-19(13,17)2/h1,12-13,16-18,22H,4-11H2,2H3/t13-,16?,17?,18?,19+,20+/m0/s1. The Bertz CT molecular complexity index is 583. The van der Waals surface area contributed by atoms with Gasteiger partial charge in [-0.25, -0.2) is 0 Å². The highest BCUT2D eigenvalue weighted by atomic mass is 16.3. The Morgan fingerprint density at radius 1 is 1.18 bits per heavy atom. The molecule has 6 atom stereocenters. The molecule has 118 valence electrons.